The summed E-state index contributed by atoms with van der Waals surface area (Å²) in [6.45, 7) is 3.35. The average molecular weight is 490 g/mol. The summed E-state index contributed by atoms with van der Waals surface area (Å²) in [4.78, 5) is 22.3. The molecule has 0 saturated carbocycles. The predicted molar refractivity (Wildman–Crippen MR) is 135 cm³/mol. The molecule has 10 heteroatoms. The van der Waals surface area contributed by atoms with Gasteiger partial charge in [-0.1, -0.05) is 12.1 Å². The van der Waals surface area contributed by atoms with Crippen LogP contribution in [-0.2, 0) is 4.79 Å². The highest BCUT2D eigenvalue weighted by Gasteiger charge is 2.26. The van der Waals surface area contributed by atoms with Crippen molar-refractivity contribution in [3.8, 4) is 5.75 Å². The van der Waals surface area contributed by atoms with E-state index in [9.17, 15) is 4.79 Å². The van der Waals surface area contributed by atoms with Crippen molar-refractivity contribution in [3.05, 3.63) is 46.3 Å². The average Bonchev–Trinajstić information content (AvgIpc) is 3.45. The number of nitrogens with one attached hydrogen (secondary N) is 1. The highest BCUT2D eigenvalue weighted by atomic mass is 32.2. The quantitative estimate of drug-likeness (QED) is 0.353. The number of carbonyl (C=O) groups excluding carboxylic acids is 1. The van der Waals surface area contributed by atoms with Gasteiger partial charge in [0.2, 0.25) is 0 Å². The van der Waals surface area contributed by atoms with Crippen LogP contribution in [0, 0.1) is 5.41 Å². The minimum Gasteiger partial charge on any atom is -0.484 e. The van der Waals surface area contributed by atoms with Crippen LogP contribution in [0.15, 0.2) is 39.5 Å². The van der Waals surface area contributed by atoms with Crippen LogP contribution in [0.3, 0.4) is 0 Å². The van der Waals surface area contributed by atoms with Gasteiger partial charge in [0.05, 0.1) is 14.8 Å². The van der Waals surface area contributed by atoms with Crippen molar-refractivity contribution in [2.45, 2.75) is 9.58 Å². The van der Waals surface area contributed by atoms with Gasteiger partial charge < -0.3 is 20.3 Å². The number of amides is 1. The van der Waals surface area contributed by atoms with Crippen LogP contribution in [0.2, 0.25) is 0 Å². The summed E-state index contributed by atoms with van der Waals surface area (Å²) >= 11 is 4.98. The molecule has 1 unspecified atom stereocenters. The summed E-state index contributed by atoms with van der Waals surface area (Å²) in [6.07, 6.45) is 2.04. The molecule has 2 aliphatic heterocycles. The molecule has 0 radical (unpaired) electrons. The van der Waals surface area contributed by atoms with Gasteiger partial charge in [0.1, 0.15) is 17.0 Å². The lowest BCUT2D eigenvalue weighted by molar-refractivity contribution is -0.134. The number of aliphatic imine (C=N–C) groups is 1. The summed E-state index contributed by atoms with van der Waals surface area (Å²) in [6, 6.07) is 9.80. The highest BCUT2D eigenvalue weighted by molar-refractivity contribution is 8.01. The summed E-state index contributed by atoms with van der Waals surface area (Å²) in [5.74, 6) is 1.61. The van der Waals surface area contributed by atoms with E-state index in [0.29, 0.717) is 5.75 Å². The van der Waals surface area contributed by atoms with Crippen LogP contribution < -0.4 is 10.5 Å². The Labute approximate surface area is 200 Å². The van der Waals surface area contributed by atoms with Gasteiger partial charge in [0.15, 0.2) is 6.61 Å². The summed E-state index contributed by atoms with van der Waals surface area (Å²) in [5, 5.41) is 7.73. The number of likely N-dealkylation sites (N-methyl/N-ethyl adjacent to an activating group) is 1. The van der Waals surface area contributed by atoms with E-state index in [2.05, 4.69) is 11.9 Å². The van der Waals surface area contributed by atoms with Gasteiger partial charge in [-0.3, -0.25) is 15.2 Å². The van der Waals surface area contributed by atoms with E-state index in [4.69, 9.17) is 20.9 Å². The SMILES string of the molecule is CSc1sc(C(=N)N)cc1C1N=C(c2cccc(OCC(=O)N3CCN(C)CC3)c2)CS1. The monoisotopic (exact) mass is 489 g/mol. The third kappa shape index (κ3) is 5.31. The smallest absolute Gasteiger partial charge is 0.260 e. The molecule has 1 amide bonds. The Morgan fingerprint density at radius 1 is 1.31 bits per heavy atom. The van der Waals surface area contributed by atoms with Crippen molar-refractivity contribution < 1.29 is 9.53 Å². The second-order valence-electron chi connectivity index (χ2n) is 7.71. The Bertz CT molecular complexity index is 1030. The minimum absolute atomic E-state index is 0.000171. The fourth-order valence-electron chi connectivity index (χ4n) is 3.60. The van der Waals surface area contributed by atoms with Crippen molar-refractivity contribution in [1.29, 1.82) is 5.41 Å². The number of nitrogen functional groups attached to an aromatic ring is 1. The molecule has 3 heterocycles. The van der Waals surface area contributed by atoms with Crippen molar-refractivity contribution in [1.82, 2.24) is 9.80 Å². The zero-order chi connectivity index (χ0) is 22.7. The lowest BCUT2D eigenvalue weighted by Gasteiger charge is -2.32. The molecule has 1 aromatic carbocycles. The number of piperazine rings is 1. The van der Waals surface area contributed by atoms with E-state index in [0.717, 1.165) is 57.9 Å². The Morgan fingerprint density at radius 3 is 2.81 bits per heavy atom. The zero-order valence-corrected chi connectivity index (χ0v) is 20.6. The van der Waals surface area contributed by atoms with Crippen LogP contribution in [0.4, 0.5) is 0 Å². The number of ether oxygens (including phenoxy) is 1. The molecule has 4 rings (SSSR count). The second-order valence-corrected chi connectivity index (χ2v) is 10.9. The Balaban J connectivity index is 1.42. The Kier molecular flexibility index (Phi) is 7.44. The second kappa shape index (κ2) is 10.3. The standard InChI is InChI=1S/C22H27N5O2S3/c1-26-6-8-27(9-7-26)19(28)12-29-15-5-3-4-14(10-15)17-13-31-21(25-17)16-11-18(20(23)24)32-22(16)30-2/h3-5,10-11,21H,6-9,12-13H2,1-2H3,(H3,23,24). The molecule has 0 bridgehead atoms. The van der Waals surface area contributed by atoms with Gasteiger partial charge in [-0.25, -0.2) is 0 Å². The number of amidine groups is 1. The Hall–Kier alpha value is -2.01. The molecule has 7 nitrogen and oxygen atoms in total. The predicted octanol–water partition coefficient (Wildman–Crippen LogP) is 3.14. The van der Waals surface area contributed by atoms with Crippen LogP contribution in [-0.4, -0.2) is 79.1 Å². The van der Waals surface area contributed by atoms with Gasteiger partial charge in [-0.15, -0.1) is 34.9 Å². The fraction of sp³-hybridized carbons (Fsp3) is 0.409. The van der Waals surface area contributed by atoms with E-state index in [1.807, 2.05) is 41.5 Å². The maximum absolute atomic E-state index is 12.5. The summed E-state index contributed by atoms with van der Waals surface area (Å²) in [7, 11) is 2.07. The molecule has 3 N–H and O–H groups in total. The number of hydrogen-bond acceptors (Lipinski definition) is 8. The zero-order valence-electron chi connectivity index (χ0n) is 18.2. The first-order valence-corrected chi connectivity index (χ1v) is 13.4. The van der Waals surface area contributed by atoms with Crippen LogP contribution in [0.5, 0.6) is 5.75 Å². The molecule has 0 spiro atoms. The molecule has 1 atom stereocenters. The number of nitrogens with two attached hydrogens (primary N) is 1. The molecule has 1 aromatic heterocycles. The fourth-order valence-corrected chi connectivity index (χ4v) is 6.67. The normalized spacial score (nSPS) is 19.1. The van der Waals surface area contributed by atoms with Gasteiger partial charge in [-0.2, -0.15) is 0 Å². The van der Waals surface area contributed by atoms with E-state index in [-0.39, 0.29) is 23.7 Å². The third-order valence-corrected chi connectivity index (χ3v) is 8.93. The van der Waals surface area contributed by atoms with Gasteiger partial charge in [0, 0.05) is 43.1 Å². The Morgan fingerprint density at radius 2 is 2.09 bits per heavy atom. The number of thioether (sulfide) groups is 2. The molecule has 32 heavy (non-hydrogen) atoms. The number of benzene rings is 1. The van der Waals surface area contributed by atoms with Gasteiger partial charge in [-0.05, 0) is 31.5 Å². The topological polar surface area (TPSA) is 95.0 Å². The molecular formula is C22H27N5O2S3. The van der Waals surface area contributed by atoms with E-state index in [1.165, 1.54) is 0 Å². The number of carbonyl (C=O) groups is 1. The lowest BCUT2D eigenvalue weighted by atomic mass is 10.1. The summed E-state index contributed by atoms with van der Waals surface area (Å²) in [5.41, 5.74) is 8.83. The highest BCUT2D eigenvalue weighted by Crippen LogP contribution is 2.44. The van der Waals surface area contributed by atoms with Crippen LogP contribution >= 0.6 is 34.9 Å². The van der Waals surface area contributed by atoms with Crippen LogP contribution in [0.25, 0.3) is 0 Å². The first-order chi connectivity index (χ1) is 15.4. The molecule has 170 valence electrons. The molecule has 2 aliphatic rings. The number of thiophene rings is 1. The first kappa shape index (κ1) is 23.2. The maximum atomic E-state index is 12.5. The van der Waals surface area contributed by atoms with Crippen molar-refractivity contribution in [3.63, 3.8) is 0 Å². The number of rotatable bonds is 7. The molecule has 0 aliphatic carbocycles. The van der Waals surface area contributed by atoms with Gasteiger partial charge in [0.25, 0.3) is 5.91 Å². The third-order valence-electron chi connectivity index (χ3n) is 5.48. The van der Waals surface area contributed by atoms with Crippen LogP contribution in [0.1, 0.15) is 21.4 Å². The van der Waals surface area contributed by atoms with Gasteiger partial charge >= 0.3 is 0 Å². The van der Waals surface area contributed by atoms with E-state index < -0.39 is 0 Å². The molecule has 2 aromatic rings. The molecular weight excluding hydrogens is 462 g/mol. The maximum Gasteiger partial charge on any atom is 0.260 e. The first-order valence-electron chi connectivity index (χ1n) is 10.3. The van der Waals surface area contributed by atoms with E-state index >= 15 is 0 Å². The number of nitrogens with zero attached hydrogens (tertiary/aromatic N) is 3. The summed E-state index contributed by atoms with van der Waals surface area (Å²) < 4.78 is 6.97. The van der Waals surface area contributed by atoms with Crippen molar-refractivity contribution in [2.75, 3.05) is 51.8 Å². The molecule has 1 saturated heterocycles. The lowest BCUT2D eigenvalue weighted by Crippen LogP contribution is -2.48. The number of hydrogen-bond donors (Lipinski definition) is 2. The molecule has 1 fully saturated rings. The minimum atomic E-state index is 0.000171. The van der Waals surface area contributed by atoms with E-state index in [1.54, 1.807) is 34.9 Å². The van der Waals surface area contributed by atoms with Crippen molar-refractivity contribution >= 4 is 52.3 Å². The largest absolute Gasteiger partial charge is 0.484 e. The van der Waals surface area contributed by atoms with Crippen molar-refractivity contribution in [2.24, 2.45) is 10.7 Å².